The number of carbonyl (C=O) groups is 2. The highest BCUT2D eigenvalue weighted by molar-refractivity contribution is 8.03. The van der Waals surface area contributed by atoms with Gasteiger partial charge in [-0.3, -0.25) is 9.59 Å². The van der Waals surface area contributed by atoms with Gasteiger partial charge in [0.1, 0.15) is 5.76 Å². The van der Waals surface area contributed by atoms with Crippen molar-refractivity contribution < 1.29 is 27.2 Å². The number of aryl methyl sites for hydroxylation is 1. The number of nitrogens with zero attached hydrogens (tertiary/aromatic N) is 1. The Balaban J connectivity index is 1.60. The second kappa shape index (κ2) is 12.3. The van der Waals surface area contributed by atoms with Crippen LogP contribution in [0.1, 0.15) is 29.7 Å². The molecule has 0 saturated heterocycles. The average molecular weight is 621 g/mol. The molecule has 41 heavy (non-hydrogen) atoms. The van der Waals surface area contributed by atoms with E-state index in [0.717, 1.165) is 35.5 Å². The van der Waals surface area contributed by atoms with Crippen LogP contribution in [0.15, 0.2) is 81.1 Å². The zero-order valence-electron chi connectivity index (χ0n) is 21.5. The normalized spacial score (nSPS) is 15.3. The Hall–Kier alpha value is -3.85. The number of dihydropyridines is 1. The molecule has 0 spiro atoms. The van der Waals surface area contributed by atoms with Crippen molar-refractivity contribution in [3.8, 4) is 6.07 Å². The van der Waals surface area contributed by atoms with Gasteiger partial charge in [-0.2, -0.15) is 18.4 Å². The van der Waals surface area contributed by atoms with E-state index in [0.29, 0.717) is 21.4 Å². The van der Waals surface area contributed by atoms with Crippen LogP contribution in [0.4, 0.5) is 24.5 Å². The molecule has 2 heterocycles. The van der Waals surface area contributed by atoms with Gasteiger partial charge in [0.2, 0.25) is 5.91 Å². The highest BCUT2D eigenvalue weighted by Gasteiger charge is 2.37. The van der Waals surface area contributed by atoms with Gasteiger partial charge in [-0.05, 0) is 61.9 Å². The summed E-state index contributed by atoms with van der Waals surface area (Å²) in [5.74, 6) is -2.00. The number of alkyl halides is 3. The Kier molecular flexibility index (Phi) is 9.07. The van der Waals surface area contributed by atoms with Gasteiger partial charge in [0.15, 0.2) is 0 Å². The zero-order chi connectivity index (χ0) is 29.9. The SMILES string of the molecule is CC1=C(C(=O)Nc2cc(C(F)(F)F)ccc2Cl)[C@@H](c2ccco2)C(C#N)=C(SCC(=O)Nc2ccc(C)c(Cl)c2)N1. The topological polar surface area (TPSA) is 107 Å². The van der Waals surface area contributed by atoms with Gasteiger partial charge in [-0.1, -0.05) is 41.0 Å². The van der Waals surface area contributed by atoms with Crippen molar-refractivity contribution in [1.82, 2.24) is 5.32 Å². The maximum Gasteiger partial charge on any atom is 0.416 e. The lowest BCUT2D eigenvalue weighted by molar-refractivity contribution is -0.137. The molecule has 1 atom stereocenters. The molecule has 212 valence electrons. The van der Waals surface area contributed by atoms with E-state index in [1.807, 2.05) is 6.92 Å². The van der Waals surface area contributed by atoms with Crippen molar-refractivity contribution in [2.24, 2.45) is 0 Å². The van der Waals surface area contributed by atoms with Crippen molar-refractivity contribution in [2.45, 2.75) is 25.9 Å². The minimum atomic E-state index is -4.65. The number of allylic oxidation sites excluding steroid dienone is 2. The lowest BCUT2D eigenvalue weighted by Crippen LogP contribution is -2.31. The summed E-state index contributed by atoms with van der Waals surface area (Å²) in [6.07, 6.45) is -3.28. The Labute approximate surface area is 247 Å². The number of thioether (sulfide) groups is 1. The third kappa shape index (κ3) is 6.90. The summed E-state index contributed by atoms with van der Waals surface area (Å²) in [5.41, 5.74) is 0.550. The van der Waals surface area contributed by atoms with Crippen LogP contribution in [0.2, 0.25) is 10.0 Å². The largest absolute Gasteiger partial charge is 0.468 e. The van der Waals surface area contributed by atoms with Crippen LogP contribution in [0.25, 0.3) is 0 Å². The van der Waals surface area contributed by atoms with Crippen molar-refractivity contribution in [3.05, 3.63) is 104 Å². The van der Waals surface area contributed by atoms with Gasteiger partial charge in [0.25, 0.3) is 5.91 Å². The lowest BCUT2D eigenvalue weighted by Gasteiger charge is -2.28. The molecule has 7 nitrogen and oxygen atoms in total. The van der Waals surface area contributed by atoms with E-state index in [4.69, 9.17) is 27.6 Å². The molecule has 3 aromatic rings. The smallest absolute Gasteiger partial charge is 0.416 e. The number of carbonyl (C=O) groups excluding carboxylic acids is 2. The van der Waals surface area contributed by atoms with Crippen molar-refractivity contribution >= 4 is 58.2 Å². The molecule has 3 N–H and O–H groups in total. The van der Waals surface area contributed by atoms with Gasteiger partial charge in [0, 0.05) is 16.4 Å². The number of anilines is 2. The standard InChI is InChI=1S/C28H21Cl2F3N4O3S/c1-14-5-7-17(11-20(14)30)36-23(38)13-41-27-18(12-34)25(22-4-3-9-40-22)24(15(2)35-27)26(39)37-21-10-16(28(31,32)33)6-8-19(21)29/h3-11,25,35H,13H2,1-2H3,(H,36,38)(H,37,39)/t25-/m1/s1. The number of rotatable bonds is 7. The van der Waals surface area contributed by atoms with Crippen molar-refractivity contribution in [3.63, 3.8) is 0 Å². The highest BCUT2D eigenvalue weighted by Crippen LogP contribution is 2.42. The van der Waals surface area contributed by atoms with Crippen molar-refractivity contribution in [1.29, 1.82) is 5.26 Å². The molecule has 0 radical (unpaired) electrons. The van der Waals surface area contributed by atoms with Crippen LogP contribution in [0.5, 0.6) is 0 Å². The number of halogens is 5. The number of furan rings is 1. The predicted molar refractivity (Wildman–Crippen MR) is 152 cm³/mol. The van der Waals surface area contributed by atoms with Crippen LogP contribution in [0.3, 0.4) is 0 Å². The quantitative estimate of drug-likeness (QED) is 0.251. The monoisotopic (exact) mass is 620 g/mol. The van der Waals surface area contributed by atoms with Gasteiger partial charge in [-0.15, -0.1) is 0 Å². The molecule has 2 amide bonds. The van der Waals surface area contributed by atoms with Crippen molar-refractivity contribution in [2.75, 3.05) is 16.4 Å². The van der Waals surface area contributed by atoms with Crippen LogP contribution in [-0.2, 0) is 15.8 Å². The molecule has 0 aliphatic carbocycles. The number of benzene rings is 2. The molecule has 1 aliphatic heterocycles. The Bertz CT molecular complexity index is 1610. The first kappa shape index (κ1) is 30.1. The second-order valence-electron chi connectivity index (χ2n) is 8.91. The molecule has 1 aromatic heterocycles. The third-order valence-corrected chi connectivity index (χ3v) is 7.82. The third-order valence-electron chi connectivity index (χ3n) is 6.06. The fourth-order valence-corrected chi connectivity index (χ4v) is 5.30. The molecule has 13 heteroatoms. The number of nitriles is 1. The summed E-state index contributed by atoms with van der Waals surface area (Å²) >= 11 is 13.3. The Morgan fingerprint density at radius 1 is 1.10 bits per heavy atom. The van der Waals surface area contributed by atoms with E-state index in [-0.39, 0.29) is 39.3 Å². The number of hydrogen-bond acceptors (Lipinski definition) is 6. The van der Waals surface area contributed by atoms with Crippen LogP contribution in [0, 0.1) is 18.3 Å². The average Bonchev–Trinajstić information content (AvgIpc) is 3.44. The highest BCUT2D eigenvalue weighted by atomic mass is 35.5. The Morgan fingerprint density at radius 2 is 1.85 bits per heavy atom. The second-order valence-corrected chi connectivity index (χ2v) is 10.7. The molecule has 0 fully saturated rings. The molecule has 2 aromatic carbocycles. The molecule has 0 bridgehead atoms. The van der Waals surface area contributed by atoms with E-state index < -0.39 is 23.6 Å². The number of nitrogens with one attached hydrogen (secondary N) is 3. The summed E-state index contributed by atoms with van der Waals surface area (Å²) in [6.45, 7) is 3.41. The Morgan fingerprint density at radius 3 is 2.49 bits per heavy atom. The molecule has 1 aliphatic rings. The van der Waals surface area contributed by atoms with E-state index in [1.165, 1.54) is 6.26 Å². The zero-order valence-corrected chi connectivity index (χ0v) is 23.8. The first-order valence-corrected chi connectivity index (χ1v) is 13.7. The maximum absolute atomic E-state index is 13.5. The van der Waals surface area contributed by atoms with Gasteiger partial charge in [-0.25, -0.2) is 0 Å². The van der Waals surface area contributed by atoms with Gasteiger partial charge < -0.3 is 20.4 Å². The predicted octanol–water partition coefficient (Wildman–Crippen LogP) is 7.62. The summed E-state index contributed by atoms with van der Waals surface area (Å²) in [6, 6.07) is 12.9. The van der Waals surface area contributed by atoms with E-state index in [2.05, 4.69) is 22.0 Å². The minimum Gasteiger partial charge on any atom is -0.468 e. The van der Waals surface area contributed by atoms with E-state index >= 15 is 0 Å². The fraction of sp³-hybridized carbons (Fsp3) is 0.179. The lowest BCUT2D eigenvalue weighted by atomic mass is 9.85. The summed E-state index contributed by atoms with van der Waals surface area (Å²) in [4.78, 5) is 26.1. The number of amides is 2. The molecular weight excluding hydrogens is 600 g/mol. The molecule has 4 rings (SSSR count). The number of hydrogen-bond donors (Lipinski definition) is 3. The van der Waals surface area contributed by atoms with E-state index in [1.54, 1.807) is 37.3 Å². The minimum absolute atomic E-state index is 0.0353. The fourth-order valence-electron chi connectivity index (χ4n) is 4.06. The molecular formula is C28H21Cl2F3N4O3S. The van der Waals surface area contributed by atoms with Crippen LogP contribution >= 0.6 is 35.0 Å². The van der Waals surface area contributed by atoms with E-state index in [9.17, 15) is 28.0 Å². The van der Waals surface area contributed by atoms with Gasteiger partial charge >= 0.3 is 6.18 Å². The summed E-state index contributed by atoms with van der Waals surface area (Å²) in [7, 11) is 0. The van der Waals surface area contributed by atoms with Crippen LogP contribution < -0.4 is 16.0 Å². The van der Waals surface area contributed by atoms with Crippen LogP contribution in [-0.4, -0.2) is 17.6 Å². The maximum atomic E-state index is 13.5. The van der Waals surface area contributed by atoms with Gasteiger partial charge in [0.05, 0.1) is 56.5 Å². The summed E-state index contributed by atoms with van der Waals surface area (Å²) < 4.78 is 45.3. The first-order chi connectivity index (χ1) is 19.4. The molecule has 0 saturated carbocycles. The summed E-state index contributed by atoms with van der Waals surface area (Å²) in [5, 5.41) is 19.0. The first-order valence-electron chi connectivity index (χ1n) is 11.9. The molecule has 0 unspecified atom stereocenters.